The van der Waals surface area contributed by atoms with Crippen molar-refractivity contribution in [1.82, 2.24) is 4.90 Å². The number of carbonyl (C=O) groups excluding carboxylic acids is 1. The zero-order valence-electron chi connectivity index (χ0n) is 12.9. The molecular formula is C17H20BrNOS. The first-order valence-electron chi connectivity index (χ1n) is 6.89. The quantitative estimate of drug-likeness (QED) is 0.712. The molecule has 0 N–H and O–H groups in total. The SMILES string of the molecule is Cc1cc(C)c(C(=O)CN(C)Cc2cc(Br)cs2)cc1C. The minimum Gasteiger partial charge on any atom is -0.294 e. The highest BCUT2D eigenvalue weighted by Gasteiger charge is 2.13. The first-order valence-corrected chi connectivity index (χ1v) is 8.56. The van der Waals surface area contributed by atoms with E-state index in [1.54, 1.807) is 11.3 Å². The molecule has 2 rings (SSSR count). The summed E-state index contributed by atoms with van der Waals surface area (Å²) in [6, 6.07) is 6.22. The number of Topliss-reactive ketones (excluding diaryl/α,β-unsaturated/α-hetero) is 1. The van der Waals surface area contributed by atoms with Crippen LogP contribution in [-0.2, 0) is 6.54 Å². The molecule has 21 heavy (non-hydrogen) atoms. The Bertz CT molecular complexity index is 663. The van der Waals surface area contributed by atoms with Gasteiger partial charge < -0.3 is 0 Å². The van der Waals surface area contributed by atoms with Gasteiger partial charge in [0.25, 0.3) is 0 Å². The second-order valence-electron chi connectivity index (χ2n) is 5.58. The van der Waals surface area contributed by atoms with Crippen molar-refractivity contribution in [3.8, 4) is 0 Å². The van der Waals surface area contributed by atoms with Crippen molar-refractivity contribution in [2.75, 3.05) is 13.6 Å². The number of thiophene rings is 1. The van der Waals surface area contributed by atoms with E-state index < -0.39 is 0 Å². The van der Waals surface area contributed by atoms with Gasteiger partial charge >= 0.3 is 0 Å². The summed E-state index contributed by atoms with van der Waals surface area (Å²) in [7, 11) is 1.99. The van der Waals surface area contributed by atoms with Crippen molar-refractivity contribution in [2.45, 2.75) is 27.3 Å². The molecule has 112 valence electrons. The molecule has 1 aromatic heterocycles. The van der Waals surface area contributed by atoms with E-state index in [9.17, 15) is 4.79 Å². The maximum absolute atomic E-state index is 12.5. The van der Waals surface area contributed by atoms with E-state index in [4.69, 9.17) is 0 Å². The standard InChI is InChI=1S/C17H20BrNOS/c1-11-5-13(3)16(6-12(11)2)17(20)9-19(4)8-15-7-14(18)10-21-15/h5-7,10H,8-9H2,1-4H3. The molecule has 0 saturated carbocycles. The number of aryl methyl sites for hydroxylation is 3. The molecule has 0 atom stereocenters. The molecule has 0 fully saturated rings. The van der Waals surface area contributed by atoms with Crippen LogP contribution in [0.5, 0.6) is 0 Å². The Hall–Kier alpha value is -0.970. The summed E-state index contributed by atoms with van der Waals surface area (Å²) in [5.74, 6) is 0.189. The summed E-state index contributed by atoms with van der Waals surface area (Å²) in [4.78, 5) is 15.8. The molecule has 1 heterocycles. The Morgan fingerprint density at radius 2 is 1.81 bits per heavy atom. The highest BCUT2D eigenvalue weighted by atomic mass is 79.9. The largest absolute Gasteiger partial charge is 0.294 e. The van der Waals surface area contributed by atoms with Crippen LogP contribution in [0, 0.1) is 20.8 Å². The van der Waals surface area contributed by atoms with E-state index in [0.29, 0.717) is 6.54 Å². The summed E-state index contributed by atoms with van der Waals surface area (Å²) in [5, 5.41) is 2.07. The van der Waals surface area contributed by atoms with Gasteiger partial charge in [0.05, 0.1) is 6.54 Å². The summed E-state index contributed by atoms with van der Waals surface area (Å²) in [6.45, 7) is 7.39. The van der Waals surface area contributed by atoms with Gasteiger partial charge in [-0.15, -0.1) is 11.3 Å². The molecule has 2 aromatic rings. The highest BCUT2D eigenvalue weighted by Crippen LogP contribution is 2.21. The van der Waals surface area contributed by atoms with Crippen LogP contribution in [0.15, 0.2) is 28.1 Å². The molecule has 0 amide bonds. The molecular weight excluding hydrogens is 346 g/mol. The average molecular weight is 366 g/mol. The third kappa shape index (κ3) is 4.25. The highest BCUT2D eigenvalue weighted by molar-refractivity contribution is 9.10. The fraction of sp³-hybridized carbons (Fsp3) is 0.353. The summed E-state index contributed by atoms with van der Waals surface area (Å²) in [6.07, 6.45) is 0. The van der Waals surface area contributed by atoms with E-state index in [2.05, 4.69) is 52.2 Å². The van der Waals surface area contributed by atoms with Gasteiger partial charge in [-0.1, -0.05) is 6.07 Å². The van der Waals surface area contributed by atoms with Crippen LogP contribution in [0.25, 0.3) is 0 Å². The van der Waals surface area contributed by atoms with Gasteiger partial charge in [0.15, 0.2) is 5.78 Å². The fourth-order valence-electron chi connectivity index (χ4n) is 2.35. The molecule has 0 spiro atoms. The number of hydrogen-bond donors (Lipinski definition) is 0. The van der Waals surface area contributed by atoms with E-state index in [-0.39, 0.29) is 5.78 Å². The minimum absolute atomic E-state index is 0.189. The lowest BCUT2D eigenvalue weighted by Crippen LogP contribution is -2.25. The lowest BCUT2D eigenvalue weighted by molar-refractivity contribution is 0.0943. The first-order chi connectivity index (χ1) is 9.86. The molecule has 0 radical (unpaired) electrons. The second-order valence-corrected chi connectivity index (χ2v) is 7.49. The molecule has 0 saturated heterocycles. The van der Waals surface area contributed by atoms with E-state index in [0.717, 1.165) is 22.1 Å². The zero-order valence-corrected chi connectivity index (χ0v) is 15.3. The number of likely N-dealkylation sites (N-methyl/N-ethyl adjacent to an activating group) is 1. The molecule has 2 nitrogen and oxygen atoms in total. The molecule has 1 aromatic carbocycles. The number of hydrogen-bond acceptors (Lipinski definition) is 3. The molecule has 0 aliphatic rings. The van der Waals surface area contributed by atoms with Gasteiger partial charge in [0.2, 0.25) is 0 Å². The average Bonchev–Trinajstić information content (AvgIpc) is 2.78. The van der Waals surface area contributed by atoms with Gasteiger partial charge in [0.1, 0.15) is 0 Å². The summed E-state index contributed by atoms with van der Waals surface area (Å²) >= 11 is 5.17. The van der Waals surface area contributed by atoms with Crippen molar-refractivity contribution in [3.05, 3.63) is 55.2 Å². The Morgan fingerprint density at radius 1 is 1.14 bits per heavy atom. The van der Waals surface area contributed by atoms with Gasteiger partial charge in [-0.05, 0) is 72.6 Å². The van der Waals surface area contributed by atoms with Crippen molar-refractivity contribution < 1.29 is 4.79 Å². The molecule has 0 bridgehead atoms. The second kappa shape index (κ2) is 6.86. The molecule has 0 aliphatic heterocycles. The lowest BCUT2D eigenvalue weighted by Gasteiger charge is -2.16. The third-order valence-corrected chi connectivity index (χ3v) is 5.28. The maximum Gasteiger partial charge on any atom is 0.177 e. The Labute approximate surface area is 138 Å². The van der Waals surface area contributed by atoms with Gasteiger partial charge in [-0.3, -0.25) is 9.69 Å². The van der Waals surface area contributed by atoms with Crippen LogP contribution in [0.4, 0.5) is 0 Å². The normalized spacial score (nSPS) is 11.1. The van der Waals surface area contributed by atoms with Crippen molar-refractivity contribution in [2.24, 2.45) is 0 Å². The van der Waals surface area contributed by atoms with E-state index >= 15 is 0 Å². The topological polar surface area (TPSA) is 20.3 Å². The van der Waals surface area contributed by atoms with E-state index in [1.165, 1.54) is 16.0 Å². The number of carbonyl (C=O) groups is 1. The van der Waals surface area contributed by atoms with Crippen LogP contribution in [0.1, 0.15) is 31.9 Å². The molecule has 0 aliphatic carbocycles. The van der Waals surface area contributed by atoms with Gasteiger partial charge in [-0.25, -0.2) is 0 Å². The van der Waals surface area contributed by atoms with E-state index in [1.807, 2.05) is 20.0 Å². The number of nitrogens with zero attached hydrogens (tertiary/aromatic N) is 1. The molecule has 4 heteroatoms. The summed E-state index contributed by atoms with van der Waals surface area (Å²) < 4.78 is 1.10. The van der Waals surface area contributed by atoms with Crippen LogP contribution in [0.2, 0.25) is 0 Å². The number of benzene rings is 1. The molecule has 0 unspecified atom stereocenters. The number of halogens is 1. The van der Waals surface area contributed by atoms with Crippen LogP contribution in [-0.4, -0.2) is 24.3 Å². The van der Waals surface area contributed by atoms with Gasteiger partial charge in [-0.2, -0.15) is 0 Å². The zero-order chi connectivity index (χ0) is 15.6. The smallest absolute Gasteiger partial charge is 0.177 e. The predicted octanol–water partition coefficient (Wildman–Crippen LogP) is 4.75. The van der Waals surface area contributed by atoms with Crippen molar-refractivity contribution in [3.63, 3.8) is 0 Å². The fourth-order valence-corrected chi connectivity index (χ4v) is 3.88. The van der Waals surface area contributed by atoms with Gasteiger partial charge in [0, 0.05) is 26.8 Å². The van der Waals surface area contributed by atoms with Crippen LogP contribution >= 0.6 is 27.3 Å². The van der Waals surface area contributed by atoms with Crippen molar-refractivity contribution >= 4 is 33.0 Å². The predicted molar refractivity (Wildman–Crippen MR) is 93.3 cm³/mol. The lowest BCUT2D eigenvalue weighted by atomic mass is 9.98. The van der Waals surface area contributed by atoms with Crippen LogP contribution < -0.4 is 0 Å². The van der Waals surface area contributed by atoms with Crippen molar-refractivity contribution in [1.29, 1.82) is 0 Å². The maximum atomic E-state index is 12.5. The van der Waals surface area contributed by atoms with Crippen LogP contribution in [0.3, 0.4) is 0 Å². The Balaban J connectivity index is 2.05. The summed E-state index contributed by atoms with van der Waals surface area (Å²) in [5.41, 5.74) is 4.32. The third-order valence-electron chi connectivity index (χ3n) is 3.60. The number of rotatable bonds is 5. The monoisotopic (exact) mass is 365 g/mol. The minimum atomic E-state index is 0.189. The Kier molecular flexibility index (Phi) is 5.36. The first kappa shape index (κ1) is 16.4. The Morgan fingerprint density at radius 3 is 2.43 bits per heavy atom. The number of ketones is 1.